The first-order valence-corrected chi connectivity index (χ1v) is 11.4. The van der Waals surface area contributed by atoms with Crippen LogP contribution in [0.15, 0.2) is 60.4 Å². The molecule has 0 saturated heterocycles. The van der Waals surface area contributed by atoms with E-state index >= 15 is 0 Å². The van der Waals surface area contributed by atoms with E-state index in [0.29, 0.717) is 5.52 Å². The van der Waals surface area contributed by atoms with Gasteiger partial charge in [-0.3, -0.25) is 9.59 Å². The zero-order chi connectivity index (χ0) is 29.0. The molecule has 1 aromatic heterocycles. The van der Waals surface area contributed by atoms with Crippen molar-refractivity contribution in [1.82, 2.24) is 14.9 Å². The predicted molar refractivity (Wildman–Crippen MR) is 129 cm³/mol. The number of carboxylic acids is 1. The minimum atomic E-state index is -4.94. The number of alkyl halides is 6. The number of nitrogens with one attached hydrogen (secondary N) is 1. The summed E-state index contributed by atoms with van der Waals surface area (Å²) in [6.07, 6.45) is -7.63. The number of benzene rings is 2. The van der Waals surface area contributed by atoms with Gasteiger partial charge in [0.05, 0.1) is 23.0 Å². The molecule has 1 heterocycles. The lowest BCUT2D eigenvalue weighted by Crippen LogP contribution is -2.25. The molecular formula is C26H23F6N3O4. The van der Waals surface area contributed by atoms with E-state index in [0.717, 1.165) is 24.3 Å². The molecule has 208 valence electrons. The van der Waals surface area contributed by atoms with Gasteiger partial charge in [0.15, 0.2) is 0 Å². The van der Waals surface area contributed by atoms with E-state index in [2.05, 4.69) is 15.0 Å². The quantitative estimate of drug-likeness (QED) is 0.188. The maximum atomic E-state index is 13.3. The SMILES string of the molecule is C/C=C(\C=C(/C)c1nc2cc(C(=O)NCCC(=O)O)ccc2n1Cc1cccc(C(F)(F)F)c1)OC(F)(F)F. The van der Waals surface area contributed by atoms with Crippen LogP contribution in [0.25, 0.3) is 16.6 Å². The Morgan fingerprint density at radius 2 is 1.82 bits per heavy atom. The summed E-state index contributed by atoms with van der Waals surface area (Å²) in [5, 5.41) is 11.2. The number of imidazole rings is 1. The first-order valence-electron chi connectivity index (χ1n) is 11.4. The third kappa shape index (κ3) is 7.85. The van der Waals surface area contributed by atoms with Gasteiger partial charge >= 0.3 is 18.5 Å². The van der Waals surface area contributed by atoms with E-state index in [1.54, 1.807) is 0 Å². The lowest BCUT2D eigenvalue weighted by atomic mass is 10.1. The first kappa shape index (κ1) is 29.3. The summed E-state index contributed by atoms with van der Waals surface area (Å²) in [6.45, 7) is 2.57. The van der Waals surface area contributed by atoms with E-state index in [9.17, 15) is 35.9 Å². The maximum Gasteiger partial charge on any atom is 0.573 e. The third-order valence-electron chi connectivity index (χ3n) is 5.46. The van der Waals surface area contributed by atoms with Gasteiger partial charge in [-0.25, -0.2) is 4.98 Å². The van der Waals surface area contributed by atoms with E-state index in [1.807, 2.05) is 0 Å². The van der Waals surface area contributed by atoms with Crippen LogP contribution in [0.2, 0.25) is 0 Å². The number of nitrogens with zero attached hydrogens (tertiary/aromatic N) is 2. The van der Waals surface area contributed by atoms with E-state index < -0.39 is 35.7 Å². The molecule has 0 spiro atoms. The molecule has 1 amide bonds. The van der Waals surface area contributed by atoms with Crippen molar-refractivity contribution >= 4 is 28.5 Å². The normalized spacial score (nSPS) is 13.0. The van der Waals surface area contributed by atoms with Crippen LogP contribution < -0.4 is 5.32 Å². The van der Waals surface area contributed by atoms with Gasteiger partial charge in [-0.2, -0.15) is 13.2 Å². The number of allylic oxidation sites excluding steroid dienone is 3. The van der Waals surface area contributed by atoms with Crippen LogP contribution in [0.5, 0.6) is 0 Å². The topological polar surface area (TPSA) is 93.5 Å². The van der Waals surface area contributed by atoms with Crippen molar-refractivity contribution < 1.29 is 45.8 Å². The van der Waals surface area contributed by atoms with E-state index in [1.165, 1.54) is 48.7 Å². The van der Waals surface area contributed by atoms with E-state index in [-0.39, 0.29) is 47.6 Å². The molecule has 0 fully saturated rings. The largest absolute Gasteiger partial charge is 0.573 e. The summed E-state index contributed by atoms with van der Waals surface area (Å²) in [6, 6.07) is 8.92. The van der Waals surface area contributed by atoms with Gasteiger partial charge in [0.1, 0.15) is 11.6 Å². The summed E-state index contributed by atoms with van der Waals surface area (Å²) in [5.74, 6) is -2.05. The molecule has 7 nitrogen and oxygen atoms in total. The van der Waals surface area contributed by atoms with Crippen LogP contribution in [-0.2, 0) is 22.3 Å². The average Bonchev–Trinajstić information content (AvgIpc) is 3.19. The Bertz CT molecular complexity index is 1440. The number of hydrogen-bond acceptors (Lipinski definition) is 4. The Labute approximate surface area is 218 Å². The molecule has 13 heteroatoms. The summed E-state index contributed by atoms with van der Waals surface area (Å²) in [7, 11) is 0. The van der Waals surface area contributed by atoms with Crippen molar-refractivity contribution in [3.05, 3.63) is 82.9 Å². The Morgan fingerprint density at radius 1 is 1.10 bits per heavy atom. The van der Waals surface area contributed by atoms with Crippen molar-refractivity contribution in [3.8, 4) is 0 Å². The zero-order valence-corrected chi connectivity index (χ0v) is 20.7. The summed E-state index contributed by atoms with van der Waals surface area (Å²) in [5.41, 5.74) is 0.382. The number of aliphatic carboxylic acids is 1. The summed E-state index contributed by atoms with van der Waals surface area (Å²) in [4.78, 5) is 27.6. The molecule has 3 rings (SSSR count). The fourth-order valence-electron chi connectivity index (χ4n) is 3.73. The summed E-state index contributed by atoms with van der Waals surface area (Å²) < 4.78 is 83.7. The fourth-order valence-corrected chi connectivity index (χ4v) is 3.73. The van der Waals surface area contributed by atoms with Gasteiger partial charge in [-0.05, 0) is 67.5 Å². The molecule has 0 unspecified atom stereocenters. The molecule has 2 aromatic carbocycles. The second-order valence-electron chi connectivity index (χ2n) is 8.39. The minimum Gasteiger partial charge on any atom is -0.481 e. The van der Waals surface area contributed by atoms with Crippen LogP contribution in [0.4, 0.5) is 26.3 Å². The minimum absolute atomic E-state index is 0.115. The molecule has 2 N–H and O–H groups in total. The number of aromatic nitrogens is 2. The van der Waals surface area contributed by atoms with Gasteiger partial charge in [0, 0.05) is 18.7 Å². The van der Waals surface area contributed by atoms with Gasteiger partial charge < -0.3 is 19.7 Å². The van der Waals surface area contributed by atoms with Crippen LogP contribution in [0, 0.1) is 0 Å². The number of ether oxygens (including phenoxy) is 1. The Kier molecular flexibility index (Phi) is 8.72. The average molecular weight is 555 g/mol. The number of fused-ring (bicyclic) bond motifs is 1. The molecule has 0 aliphatic rings. The maximum absolute atomic E-state index is 13.3. The molecule has 0 aliphatic heterocycles. The second kappa shape index (κ2) is 11.6. The zero-order valence-electron chi connectivity index (χ0n) is 20.7. The van der Waals surface area contributed by atoms with Crippen LogP contribution >= 0.6 is 0 Å². The van der Waals surface area contributed by atoms with Gasteiger partial charge in [0.2, 0.25) is 0 Å². The van der Waals surface area contributed by atoms with Gasteiger partial charge in [-0.1, -0.05) is 12.1 Å². The third-order valence-corrected chi connectivity index (χ3v) is 5.46. The molecule has 0 atom stereocenters. The molecule has 0 aliphatic carbocycles. The molecule has 3 aromatic rings. The number of rotatable bonds is 9. The molecular weight excluding hydrogens is 532 g/mol. The smallest absolute Gasteiger partial charge is 0.481 e. The highest BCUT2D eigenvalue weighted by Gasteiger charge is 2.32. The van der Waals surface area contributed by atoms with Crippen molar-refractivity contribution in [1.29, 1.82) is 0 Å². The van der Waals surface area contributed by atoms with Crippen LogP contribution in [0.3, 0.4) is 0 Å². The lowest BCUT2D eigenvalue weighted by Gasteiger charge is -2.13. The number of carbonyl (C=O) groups is 2. The molecule has 39 heavy (non-hydrogen) atoms. The number of carbonyl (C=O) groups excluding carboxylic acids is 1. The second-order valence-corrected chi connectivity index (χ2v) is 8.39. The molecule has 0 radical (unpaired) electrons. The summed E-state index contributed by atoms with van der Waals surface area (Å²) >= 11 is 0. The molecule has 0 saturated carbocycles. The lowest BCUT2D eigenvalue weighted by molar-refractivity contribution is -0.303. The standard InChI is InChI=1S/C26H23F6N3O4/c1-3-19(39-26(30,31)32)11-15(2)23-34-20-13-17(24(38)33-10-9-22(36)37)7-8-21(20)35(23)14-16-5-4-6-18(12-16)25(27,28)29/h3-8,11-13H,9-10,14H2,1-2H3,(H,33,38)(H,36,37)/b15-11+,19-3+. The highest BCUT2D eigenvalue weighted by atomic mass is 19.4. The Balaban J connectivity index is 2.08. The number of carboxylic acid groups (broad SMARTS) is 1. The fraction of sp³-hybridized carbons (Fsp3) is 0.269. The van der Waals surface area contributed by atoms with Crippen molar-refractivity contribution in [3.63, 3.8) is 0 Å². The Morgan fingerprint density at radius 3 is 2.44 bits per heavy atom. The monoisotopic (exact) mass is 555 g/mol. The van der Waals surface area contributed by atoms with E-state index in [4.69, 9.17) is 5.11 Å². The Hall–Kier alpha value is -4.29. The number of halogens is 6. The predicted octanol–water partition coefficient (Wildman–Crippen LogP) is 6.15. The highest BCUT2D eigenvalue weighted by molar-refractivity contribution is 5.97. The van der Waals surface area contributed by atoms with Crippen molar-refractivity contribution in [2.75, 3.05) is 6.54 Å². The molecule has 0 bridgehead atoms. The first-order chi connectivity index (χ1) is 18.2. The highest BCUT2D eigenvalue weighted by Crippen LogP contribution is 2.31. The number of hydrogen-bond donors (Lipinski definition) is 2. The number of amides is 1. The van der Waals surface area contributed by atoms with Crippen molar-refractivity contribution in [2.24, 2.45) is 0 Å². The van der Waals surface area contributed by atoms with Crippen LogP contribution in [0.1, 0.15) is 47.6 Å². The van der Waals surface area contributed by atoms with Crippen LogP contribution in [-0.4, -0.2) is 39.4 Å². The van der Waals surface area contributed by atoms with Crippen molar-refractivity contribution in [2.45, 2.75) is 39.4 Å². The van der Waals surface area contributed by atoms with Gasteiger partial charge in [0.25, 0.3) is 5.91 Å². The van der Waals surface area contributed by atoms with Gasteiger partial charge in [-0.15, -0.1) is 13.2 Å².